The average Bonchev–Trinajstić information content (AvgIpc) is 2.39. The van der Waals surface area contributed by atoms with Crippen molar-refractivity contribution in [2.45, 2.75) is 45.6 Å². The number of aliphatic hydroxyl groups excluding tert-OH is 1. The third-order valence-electron chi connectivity index (χ3n) is 3.28. The largest absolute Gasteiger partial charge is 0.489 e. The fourth-order valence-corrected chi connectivity index (χ4v) is 1.89. The highest BCUT2D eigenvalue weighted by Crippen LogP contribution is 2.34. The molecule has 0 radical (unpaired) electrons. The van der Waals surface area contributed by atoms with E-state index < -0.39 is 6.10 Å². The monoisotopic (exact) mass is 295 g/mol. The molecule has 0 aliphatic carbocycles. The fraction of sp³-hybridized carbons (Fsp3) is 0.625. The van der Waals surface area contributed by atoms with E-state index in [1.54, 1.807) is 0 Å². The highest BCUT2D eigenvalue weighted by Gasteiger charge is 2.18. The lowest BCUT2D eigenvalue weighted by molar-refractivity contribution is 0.107. The van der Waals surface area contributed by atoms with Crippen LogP contribution in [0.25, 0.3) is 0 Å². The number of nitrogens with two attached hydrogens (primary N) is 2. The third kappa shape index (κ3) is 5.44. The van der Waals surface area contributed by atoms with Crippen LogP contribution in [0.1, 0.15) is 39.7 Å². The first-order chi connectivity index (χ1) is 9.75. The number of nitrogen functional groups attached to an aromatic ring is 2. The molecule has 1 unspecified atom stereocenters. The van der Waals surface area contributed by atoms with Gasteiger partial charge in [-0.25, -0.2) is 0 Å². The van der Waals surface area contributed by atoms with E-state index in [4.69, 9.17) is 16.2 Å². The van der Waals surface area contributed by atoms with Crippen LogP contribution >= 0.6 is 0 Å². The molecule has 0 fully saturated rings. The maximum Gasteiger partial charge on any atom is 0.144 e. The first-order valence-corrected chi connectivity index (χ1v) is 7.46. The van der Waals surface area contributed by atoms with Gasteiger partial charge in [0.25, 0.3) is 0 Å². The number of nitrogens with one attached hydrogen (secondary N) is 1. The molecule has 0 saturated heterocycles. The van der Waals surface area contributed by atoms with Crippen LogP contribution in [-0.2, 0) is 5.41 Å². The van der Waals surface area contributed by atoms with E-state index >= 15 is 0 Å². The molecule has 0 bridgehead atoms. The average molecular weight is 295 g/mol. The van der Waals surface area contributed by atoms with Crippen molar-refractivity contribution >= 4 is 11.4 Å². The Morgan fingerprint density at radius 1 is 1.29 bits per heavy atom. The van der Waals surface area contributed by atoms with Gasteiger partial charge in [0, 0.05) is 6.54 Å². The second-order valence-corrected chi connectivity index (χ2v) is 6.40. The Labute approximate surface area is 127 Å². The Bertz CT molecular complexity index is 456. The Morgan fingerprint density at radius 3 is 2.52 bits per heavy atom. The minimum Gasteiger partial charge on any atom is -0.489 e. The molecule has 0 aliphatic rings. The SMILES string of the molecule is CCCNCC(O)COc1cc(C(C)(C)C)cc(N)c1N. The molecule has 21 heavy (non-hydrogen) atoms. The van der Waals surface area contributed by atoms with E-state index in [0.717, 1.165) is 18.5 Å². The molecule has 0 amide bonds. The Balaban J connectivity index is 2.72. The molecule has 1 aromatic rings. The topological polar surface area (TPSA) is 93.5 Å². The van der Waals surface area contributed by atoms with E-state index in [0.29, 0.717) is 23.7 Å². The van der Waals surface area contributed by atoms with Crippen molar-refractivity contribution < 1.29 is 9.84 Å². The van der Waals surface area contributed by atoms with Crippen LogP contribution < -0.4 is 21.5 Å². The van der Waals surface area contributed by atoms with Gasteiger partial charge in [-0.15, -0.1) is 0 Å². The van der Waals surface area contributed by atoms with Gasteiger partial charge < -0.3 is 26.6 Å². The molecule has 5 nitrogen and oxygen atoms in total. The van der Waals surface area contributed by atoms with E-state index in [9.17, 15) is 5.11 Å². The minimum atomic E-state index is -0.574. The smallest absolute Gasteiger partial charge is 0.144 e. The van der Waals surface area contributed by atoms with E-state index in [-0.39, 0.29) is 12.0 Å². The second-order valence-electron chi connectivity index (χ2n) is 6.40. The van der Waals surface area contributed by atoms with Crippen LogP contribution in [0.5, 0.6) is 5.75 Å². The molecule has 5 heteroatoms. The lowest BCUT2D eigenvalue weighted by Gasteiger charge is -2.22. The second kappa shape index (κ2) is 7.52. The zero-order valence-corrected chi connectivity index (χ0v) is 13.6. The summed E-state index contributed by atoms with van der Waals surface area (Å²) in [4.78, 5) is 0. The lowest BCUT2D eigenvalue weighted by atomic mass is 9.86. The normalized spacial score (nSPS) is 13.2. The van der Waals surface area contributed by atoms with Gasteiger partial charge in [0.1, 0.15) is 18.5 Å². The highest BCUT2D eigenvalue weighted by molar-refractivity contribution is 5.72. The molecule has 0 spiro atoms. The number of ether oxygens (including phenoxy) is 1. The summed E-state index contributed by atoms with van der Waals surface area (Å²) < 4.78 is 5.65. The van der Waals surface area contributed by atoms with Gasteiger partial charge in [-0.1, -0.05) is 27.7 Å². The molecule has 1 aromatic carbocycles. The summed E-state index contributed by atoms with van der Waals surface area (Å²) in [6, 6.07) is 3.78. The van der Waals surface area contributed by atoms with Crippen LogP contribution in [0, 0.1) is 0 Å². The summed E-state index contributed by atoms with van der Waals surface area (Å²) >= 11 is 0. The number of hydrogen-bond donors (Lipinski definition) is 4. The predicted octanol–water partition coefficient (Wildman–Crippen LogP) is 1.89. The van der Waals surface area contributed by atoms with Crippen LogP contribution in [0.15, 0.2) is 12.1 Å². The molecule has 120 valence electrons. The number of hydrogen-bond acceptors (Lipinski definition) is 5. The van der Waals surface area contributed by atoms with Gasteiger partial charge >= 0.3 is 0 Å². The van der Waals surface area contributed by atoms with Gasteiger partial charge in [0.05, 0.1) is 11.4 Å². The quantitative estimate of drug-likeness (QED) is 0.455. The predicted molar refractivity (Wildman–Crippen MR) is 88.6 cm³/mol. The van der Waals surface area contributed by atoms with Gasteiger partial charge in [0.2, 0.25) is 0 Å². The van der Waals surface area contributed by atoms with E-state index in [2.05, 4.69) is 33.0 Å². The Hall–Kier alpha value is -1.46. The fourth-order valence-electron chi connectivity index (χ4n) is 1.89. The maximum atomic E-state index is 9.87. The molecular weight excluding hydrogens is 266 g/mol. The third-order valence-corrected chi connectivity index (χ3v) is 3.28. The van der Waals surface area contributed by atoms with Crippen molar-refractivity contribution in [1.29, 1.82) is 0 Å². The molecule has 0 heterocycles. The highest BCUT2D eigenvalue weighted by atomic mass is 16.5. The first kappa shape index (κ1) is 17.6. The summed E-state index contributed by atoms with van der Waals surface area (Å²) in [5.41, 5.74) is 13.9. The molecule has 0 aliphatic heterocycles. The number of rotatable bonds is 7. The summed E-state index contributed by atoms with van der Waals surface area (Å²) in [6.45, 7) is 9.96. The summed E-state index contributed by atoms with van der Waals surface area (Å²) in [6.07, 6.45) is 0.459. The van der Waals surface area contributed by atoms with Gasteiger partial charge in [-0.05, 0) is 36.1 Å². The lowest BCUT2D eigenvalue weighted by Crippen LogP contribution is -2.32. The van der Waals surface area contributed by atoms with Crippen LogP contribution in [-0.4, -0.2) is 30.9 Å². The Morgan fingerprint density at radius 2 is 1.95 bits per heavy atom. The first-order valence-electron chi connectivity index (χ1n) is 7.46. The zero-order valence-electron chi connectivity index (χ0n) is 13.6. The van der Waals surface area contributed by atoms with Crippen molar-refractivity contribution in [3.8, 4) is 5.75 Å². The van der Waals surface area contributed by atoms with Crippen LogP contribution in [0.3, 0.4) is 0 Å². The summed E-state index contributed by atoms with van der Waals surface area (Å²) in [5.74, 6) is 0.537. The molecule has 0 saturated carbocycles. The zero-order chi connectivity index (χ0) is 16.0. The molecule has 1 rings (SSSR count). The number of anilines is 2. The van der Waals surface area contributed by atoms with Crippen molar-refractivity contribution in [3.63, 3.8) is 0 Å². The molecule has 0 aromatic heterocycles. The number of benzene rings is 1. The van der Waals surface area contributed by atoms with Crippen molar-refractivity contribution in [2.24, 2.45) is 0 Å². The van der Waals surface area contributed by atoms with Gasteiger partial charge in [0.15, 0.2) is 0 Å². The summed E-state index contributed by atoms with van der Waals surface area (Å²) in [5, 5.41) is 13.0. The van der Waals surface area contributed by atoms with Crippen LogP contribution in [0.4, 0.5) is 11.4 Å². The van der Waals surface area contributed by atoms with Crippen molar-refractivity contribution in [3.05, 3.63) is 17.7 Å². The van der Waals surface area contributed by atoms with E-state index in [1.807, 2.05) is 12.1 Å². The number of aliphatic hydroxyl groups is 1. The van der Waals surface area contributed by atoms with Gasteiger partial charge in [-0.3, -0.25) is 0 Å². The molecule has 1 atom stereocenters. The minimum absolute atomic E-state index is 0.0404. The van der Waals surface area contributed by atoms with Crippen LogP contribution in [0.2, 0.25) is 0 Å². The van der Waals surface area contributed by atoms with E-state index in [1.165, 1.54) is 0 Å². The van der Waals surface area contributed by atoms with Crippen molar-refractivity contribution in [2.75, 3.05) is 31.2 Å². The van der Waals surface area contributed by atoms with Crippen molar-refractivity contribution in [1.82, 2.24) is 5.32 Å². The molecular formula is C16H29N3O2. The summed E-state index contributed by atoms with van der Waals surface area (Å²) in [7, 11) is 0. The molecule has 6 N–H and O–H groups in total. The van der Waals surface area contributed by atoms with Gasteiger partial charge in [-0.2, -0.15) is 0 Å². The standard InChI is InChI=1S/C16H29N3O2/c1-5-6-19-9-12(20)10-21-14-8-11(16(2,3)4)7-13(17)15(14)18/h7-8,12,19-20H,5-6,9-10,17-18H2,1-4H3. The maximum absolute atomic E-state index is 9.87. The Kier molecular flexibility index (Phi) is 6.30.